The van der Waals surface area contributed by atoms with Gasteiger partial charge in [0.2, 0.25) is 0 Å². The van der Waals surface area contributed by atoms with Crippen molar-refractivity contribution in [2.75, 3.05) is 44.7 Å². The summed E-state index contributed by atoms with van der Waals surface area (Å²) in [5, 5.41) is 17.7. The van der Waals surface area contributed by atoms with Gasteiger partial charge in [-0.1, -0.05) is 0 Å². The summed E-state index contributed by atoms with van der Waals surface area (Å²) in [6.45, 7) is 3.51. The van der Waals surface area contributed by atoms with Gasteiger partial charge in [0.15, 0.2) is 0 Å². The Bertz CT molecular complexity index is 679. The molecule has 5 N–H and O–H groups in total. The first-order valence-corrected chi connectivity index (χ1v) is 8.24. The zero-order chi connectivity index (χ0) is 20.4. The Morgan fingerprint density at radius 2 is 1.86 bits per heavy atom. The van der Waals surface area contributed by atoms with Crippen LogP contribution in [0.15, 0.2) is 24.3 Å². The number of nitrogens with one attached hydrogen (secondary N) is 2. The average molecular weight is 416 g/mol. The van der Waals surface area contributed by atoms with Gasteiger partial charge >= 0.3 is 12.0 Å². The van der Waals surface area contributed by atoms with Gasteiger partial charge in [-0.25, -0.2) is 4.79 Å². The SMILES string of the molecule is CC(=O)O.COC(=O)CNCCN1CCN(c2ccc(C(=N)N)cc2)C1=O.Cl. The molecule has 2 rings (SSSR count). The van der Waals surface area contributed by atoms with Crippen molar-refractivity contribution in [3.8, 4) is 0 Å². The summed E-state index contributed by atoms with van der Waals surface area (Å²) in [5.74, 6) is -1.16. The van der Waals surface area contributed by atoms with Crippen LogP contribution in [0.3, 0.4) is 0 Å². The Morgan fingerprint density at radius 1 is 1.29 bits per heavy atom. The molecule has 0 aliphatic carbocycles. The summed E-state index contributed by atoms with van der Waals surface area (Å²) in [6.07, 6.45) is 0. The van der Waals surface area contributed by atoms with Crippen molar-refractivity contribution in [1.82, 2.24) is 10.2 Å². The Kier molecular flexibility index (Phi) is 11.2. The van der Waals surface area contributed by atoms with E-state index in [-0.39, 0.29) is 36.8 Å². The summed E-state index contributed by atoms with van der Waals surface area (Å²) in [7, 11) is 1.34. The van der Waals surface area contributed by atoms with Gasteiger partial charge in [0.05, 0.1) is 13.7 Å². The van der Waals surface area contributed by atoms with Crippen LogP contribution in [0, 0.1) is 5.41 Å². The number of benzene rings is 1. The number of carboxylic acid groups (broad SMARTS) is 1. The third-order valence-electron chi connectivity index (χ3n) is 3.64. The van der Waals surface area contributed by atoms with Gasteiger partial charge in [-0.05, 0) is 24.3 Å². The molecule has 156 valence electrons. The zero-order valence-electron chi connectivity index (χ0n) is 15.8. The maximum atomic E-state index is 12.4. The smallest absolute Gasteiger partial charge is 0.324 e. The highest BCUT2D eigenvalue weighted by Gasteiger charge is 2.28. The van der Waals surface area contributed by atoms with Crippen molar-refractivity contribution in [2.24, 2.45) is 5.73 Å². The van der Waals surface area contributed by atoms with E-state index < -0.39 is 5.97 Å². The van der Waals surface area contributed by atoms with Gasteiger partial charge in [0, 0.05) is 44.4 Å². The fourth-order valence-corrected chi connectivity index (χ4v) is 2.33. The minimum atomic E-state index is -0.833. The van der Waals surface area contributed by atoms with Gasteiger partial charge in [-0.2, -0.15) is 0 Å². The summed E-state index contributed by atoms with van der Waals surface area (Å²) in [4.78, 5) is 35.8. The maximum absolute atomic E-state index is 12.4. The molecular formula is C17H26ClN5O5. The summed E-state index contributed by atoms with van der Waals surface area (Å²) >= 11 is 0. The molecule has 0 bridgehead atoms. The minimum Gasteiger partial charge on any atom is -0.481 e. The average Bonchev–Trinajstić information content (AvgIpc) is 2.98. The third kappa shape index (κ3) is 8.23. The van der Waals surface area contributed by atoms with Gasteiger partial charge in [-0.15, -0.1) is 12.4 Å². The summed E-state index contributed by atoms with van der Waals surface area (Å²) < 4.78 is 4.53. The highest BCUT2D eigenvalue weighted by Crippen LogP contribution is 2.20. The summed E-state index contributed by atoms with van der Waals surface area (Å²) in [6, 6.07) is 6.96. The van der Waals surface area contributed by atoms with E-state index in [1.807, 2.05) is 0 Å². The number of hydrogen-bond acceptors (Lipinski definition) is 6. The topological polar surface area (TPSA) is 149 Å². The van der Waals surface area contributed by atoms with E-state index in [1.165, 1.54) is 7.11 Å². The molecule has 1 aromatic rings. The minimum absolute atomic E-state index is 0. The van der Waals surface area contributed by atoms with Crippen LogP contribution in [0.2, 0.25) is 0 Å². The molecule has 1 aliphatic rings. The molecular weight excluding hydrogens is 390 g/mol. The van der Waals surface area contributed by atoms with Crippen LogP contribution < -0.4 is 16.0 Å². The summed E-state index contributed by atoms with van der Waals surface area (Å²) in [5.41, 5.74) is 6.83. The van der Waals surface area contributed by atoms with Crippen LogP contribution in [0.4, 0.5) is 10.5 Å². The predicted octanol–water partition coefficient (Wildman–Crippen LogP) is 0.488. The second-order valence-electron chi connectivity index (χ2n) is 5.65. The van der Waals surface area contributed by atoms with Crippen molar-refractivity contribution in [3.05, 3.63) is 29.8 Å². The molecule has 10 nitrogen and oxygen atoms in total. The second kappa shape index (κ2) is 12.5. The van der Waals surface area contributed by atoms with Crippen LogP contribution >= 0.6 is 12.4 Å². The largest absolute Gasteiger partial charge is 0.481 e. The van der Waals surface area contributed by atoms with Crippen molar-refractivity contribution >= 4 is 41.9 Å². The number of nitrogen functional groups attached to an aromatic ring is 1. The molecule has 1 saturated heterocycles. The number of carboxylic acids is 1. The van der Waals surface area contributed by atoms with E-state index in [9.17, 15) is 9.59 Å². The lowest BCUT2D eigenvalue weighted by Crippen LogP contribution is -2.37. The van der Waals surface area contributed by atoms with E-state index in [1.54, 1.807) is 34.1 Å². The number of amides is 2. The highest BCUT2D eigenvalue weighted by molar-refractivity contribution is 5.97. The molecule has 1 aliphatic heterocycles. The van der Waals surface area contributed by atoms with Gasteiger partial charge in [-0.3, -0.25) is 19.9 Å². The number of aliphatic carboxylic acids is 1. The predicted molar refractivity (Wildman–Crippen MR) is 107 cm³/mol. The van der Waals surface area contributed by atoms with Crippen LogP contribution in [0.25, 0.3) is 0 Å². The molecule has 1 aromatic carbocycles. The van der Waals surface area contributed by atoms with E-state index in [2.05, 4.69) is 10.1 Å². The lowest BCUT2D eigenvalue weighted by Gasteiger charge is -2.19. The first kappa shape index (κ1) is 25.1. The van der Waals surface area contributed by atoms with Gasteiger partial charge in [0.25, 0.3) is 5.97 Å². The van der Waals surface area contributed by atoms with Crippen molar-refractivity contribution in [3.63, 3.8) is 0 Å². The maximum Gasteiger partial charge on any atom is 0.324 e. The Morgan fingerprint density at radius 3 is 2.36 bits per heavy atom. The number of nitrogens with zero attached hydrogens (tertiary/aromatic N) is 2. The number of carbonyl (C=O) groups is 3. The Balaban J connectivity index is 0.00000133. The number of nitrogens with two attached hydrogens (primary N) is 1. The van der Waals surface area contributed by atoms with E-state index in [0.29, 0.717) is 31.7 Å². The van der Waals surface area contributed by atoms with Crippen LogP contribution in [-0.4, -0.2) is 73.6 Å². The number of anilines is 1. The standard InChI is InChI=1S/C15H21N5O3.C2H4O2.ClH/c1-23-13(21)10-18-6-7-19-8-9-20(15(19)22)12-4-2-11(3-5-12)14(16)17;1-2(3)4;/h2-5,18H,6-10H2,1H3,(H3,16,17);1H3,(H,3,4);1H. The molecule has 0 saturated carbocycles. The van der Waals surface area contributed by atoms with E-state index >= 15 is 0 Å². The van der Waals surface area contributed by atoms with Crippen molar-refractivity contribution in [1.29, 1.82) is 5.41 Å². The molecule has 0 spiro atoms. The van der Waals surface area contributed by atoms with Crippen LogP contribution in [-0.2, 0) is 14.3 Å². The van der Waals surface area contributed by atoms with Gasteiger partial charge < -0.3 is 25.8 Å². The molecule has 2 amide bonds. The zero-order valence-corrected chi connectivity index (χ0v) is 16.6. The fourth-order valence-electron chi connectivity index (χ4n) is 2.33. The number of hydrogen-bond donors (Lipinski definition) is 4. The number of ether oxygens (including phenoxy) is 1. The highest BCUT2D eigenvalue weighted by atomic mass is 35.5. The van der Waals surface area contributed by atoms with Crippen LogP contribution in [0.5, 0.6) is 0 Å². The number of methoxy groups -OCH3 is 1. The van der Waals surface area contributed by atoms with Crippen molar-refractivity contribution in [2.45, 2.75) is 6.92 Å². The molecule has 1 fully saturated rings. The van der Waals surface area contributed by atoms with Gasteiger partial charge in [0.1, 0.15) is 5.84 Å². The lowest BCUT2D eigenvalue weighted by molar-refractivity contribution is -0.139. The Labute approximate surface area is 169 Å². The first-order valence-electron chi connectivity index (χ1n) is 8.24. The number of urea groups is 1. The third-order valence-corrected chi connectivity index (χ3v) is 3.64. The molecule has 0 unspecified atom stereocenters. The number of amidine groups is 1. The quantitative estimate of drug-likeness (QED) is 0.219. The molecule has 1 heterocycles. The molecule has 0 aromatic heterocycles. The van der Waals surface area contributed by atoms with E-state index in [0.717, 1.165) is 12.6 Å². The second-order valence-corrected chi connectivity index (χ2v) is 5.65. The first-order chi connectivity index (χ1) is 12.8. The monoisotopic (exact) mass is 415 g/mol. The molecule has 0 radical (unpaired) electrons. The van der Waals surface area contributed by atoms with Crippen LogP contribution in [0.1, 0.15) is 12.5 Å². The number of carbonyl (C=O) groups excluding carboxylic acids is 2. The van der Waals surface area contributed by atoms with Crippen molar-refractivity contribution < 1.29 is 24.2 Å². The normalized spacial score (nSPS) is 12.6. The number of rotatable bonds is 7. The molecule has 11 heteroatoms. The molecule has 0 atom stereocenters. The number of esters is 1. The lowest BCUT2D eigenvalue weighted by atomic mass is 10.2. The Hall–Kier alpha value is -2.85. The van der Waals surface area contributed by atoms with E-state index in [4.69, 9.17) is 21.0 Å². The number of halogens is 1. The fraction of sp³-hybridized carbons (Fsp3) is 0.412. The molecule has 28 heavy (non-hydrogen) atoms.